The predicted octanol–water partition coefficient (Wildman–Crippen LogP) is 1.80. The van der Waals surface area contributed by atoms with Crippen molar-refractivity contribution in [2.45, 2.75) is 18.9 Å². The zero-order valence-corrected chi connectivity index (χ0v) is 13.0. The van der Waals surface area contributed by atoms with Gasteiger partial charge in [0, 0.05) is 25.7 Å². The van der Waals surface area contributed by atoms with E-state index < -0.39 is 0 Å². The zero-order valence-electron chi connectivity index (χ0n) is 12.2. The Hall–Kier alpha value is -1.75. The summed E-state index contributed by atoms with van der Waals surface area (Å²) in [7, 11) is 3.40. The third kappa shape index (κ3) is 3.88. The number of hydrogen-bond acceptors (Lipinski definition) is 3. The molecule has 2 amide bonds. The van der Waals surface area contributed by atoms with E-state index >= 15 is 0 Å². The van der Waals surface area contributed by atoms with Crippen LogP contribution in [0.5, 0.6) is 5.75 Å². The van der Waals surface area contributed by atoms with Crippen LogP contribution in [0.4, 0.5) is 0 Å². The number of likely N-dealkylation sites (N-methyl/N-ethyl adjacent to an activating group) is 1. The first-order valence-corrected chi connectivity index (χ1v) is 7.26. The average molecular weight is 311 g/mol. The highest BCUT2D eigenvalue weighted by atomic mass is 35.5. The Morgan fingerprint density at radius 2 is 2.00 bits per heavy atom. The molecule has 0 spiro atoms. The Bertz CT molecular complexity index is 516. The van der Waals surface area contributed by atoms with Crippen LogP contribution in [0, 0.1) is 0 Å². The van der Waals surface area contributed by atoms with Gasteiger partial charge in [0.05, 0.1) is 0 Å². The van der Waals surface area contributed by atoms with Crippen molar-refractivity contribution in [3.63, 3.8) is 0 Å². The van der Waals surface area contributed by atoms with Gasteiger partial charge in [-0.1, -0.05) is 11.6 Å². The molecular weight excluding hydrogens is 292 g/mol. The molecule has 1 unspecified atom stereocenters. The first-order chi connectivity index (χ1) is 9.99. The molecule has 0 saturated carbocycles. The highest BCUT2D eigenvalue weighted by Gasteiger charge is 2.34. The second-order valence-corrected chi connectivity index (χ2v) is 5.66. The maximum Gasteiger partial charge on any atom is 0.261 e. The number of benzene rings is 1. The molecule has 0 radical (unpaired) electrons. The fraction of sp³-hybridized carbons (Fsp3) is 0.467. The molecule has 114 valence electrons. The third-order valence-corrected chi connectivity index (χ3v) is 3.73. The molecule has 0 bridgehead atoms. The van der Waals surface area contributed by atoms with Crippen molar-refractivity contribution in [2.75, 3.05) is 27.2 Å². The number of carbonyl (C=O) groups is 2. The molecule has 21 heavy (non-hydrogen) atoms. The van der Waals surface area contributed by atoms with Gasteiger partial charge in [-0.3, -0.25) is 9.59 Å². The van der Waals surface area contributed by atoms with Crippen LogP contribution in [0.25, 0.3) is 0 Å². The van der Waals surface area contributed by atoms with Crippen LogP contribution in [-0.4, -0.2) is 54.9 Å². The second-order valence-electron chi connectivity index (χ2n) is 5.22. The minimum absolute atomic E-state index is 0.0349. The maximum absolute atomic E-state index is 12.2. The summed E-state index contributed by atoms with van der Waals surface area (Å²) < 4.78 is 5.45. The topological polar surface area (TPSA) is 49.9 Å². The number of carbonyl (C=O) groups excluding carboxylic acids is 2. The summed E-state index contributed by atoms with van der Waals surface area (Å²) in [5, 5.41) is 0.616. The molecule has 5 nitrogen and oxygen atoms in total. The van der Waals surface area contributed by atoms with Crippen LogP contribution in [0.1, 0.15) is 12.8 Å². The molecular formula is C15H19ClN2O3. The zero-order chi connectivity index (χ0) is 15.4. The number of ether oxygens (including phenoxy) is 1. The monoisotopic (exact) mass is 310 g/mol. The van der Waals surface area contributed by atoms with Crippen LogP contribution in [0.2, 0.25) is 5.02 Å². The van der Waals surface area contributed by atoms with Crippen molar-refractivity contribution in [1.82, 2.24) is 9.80 Å². The lowest BCUT2D eigenvalue weighted by atomic mass is 10.2. The van der Waals surface area contributed by atoms with Crippen molar-refractivity contribution in [3.05, 3.63) is 29.3 Å². The number of nitrogens with zero attached hydrogens (tertiary/aromatic N) is 2. The molecule has 1 aliphatic heterocycles. The van der Waals surface area contributed by atoms with Crippen molar-refractivity contribution in [1.29, 1.82) is 0 Å². The number of rotatable bonds is 4. The van der Waals surface area contributed by atoms with Gasteiger partial charge >= 0.3 is 0 Å². The summed E-state index contributed by atoms with van der Waals surface area (Å²) in [5.41, 5.74) is 0. The van der Waals surface area contributed by atoms with Crippen LogP contribution in [0.15, 0.2) is 24.3 Å². The van der Waals surface area contributed by atoms with Crippen LogP contribution in [-0.2, 0) is 9.59 Å². The molecule has 2 rings (SSSR count). The van der Waals surface area contributed by atoms with E-state index in [1.807, 2.05) is 0 Å². The fourth-order valence-corrected chi connectivity index (χ4v) is 2.50. The molecule has 0 N–H and O–H groups in total. The van der Waals surface area contributed by atoms with Crippen molar-refractivity contribution in [2.24, 2.45) is 0 Å². The number of hydrogen-bond donors (Lipinski definition) is 0. The third-order valence-electron chi connectivity index (χ3n) is 3.47. The van der Waals surface area contributed by atoms with Gasteiger partial charge in [0.25, 0.3) is 5.91 Å². The molecule has 1 aromatic carbocycles. The maximum atomic E-state index is 12.2. The molecule has 1 aliphatic rings. The largest absolute Gasteiger partial charge is 0.484 e. The SMILES string of the molecule is CN(C)C(=O)C1CCCN1C(=O)COc1ccc(Cl)cc1. The van der Waals surface area contributed by atoms with Crippen LogP contribution >= 0.6 is 11.6 Å². The molecule has 1 aromatic rings. The van der Waals surface area contributed by atoms with Gasteiger partial charge < -0.3 is 14.5 Å². The molecule has 1 heterocycles. The second kappa shape index (κ2) is 6.80. The van der Waals surface area contributed by atoms with Gasteiger partial charge in [-0.15, -0.1) is 0 Å². The highest BCUT2D eigenvalue weighted by Crippen LogP contribution is 2.20. The molecule has 1 saturated heterocycles. The smallest absolute Gasteiger partial charge is 0.261 e. The Morgan fingerprint density at radius 3 is 2.62 bits per heavy atom. The Balaban J connectivity index is 1.93. The van der Waals surface area contributed by atoms with E-state index in [2.05, 4.69) is 0 Å². The Kier molecular flexibility index (Phi) is 5.07. The number of amides is 2. The van der Waals surface area contributed by atoms with E-state index in [-0.39, 0.29) is 24.5 Å². The summed E-state index contributed by atoms with van der Waals surface area (Å²) >= 11 is 5.79. The van der Waals surface area contributed by atoms with Crippen molar-refractivity contribution in [3.8, 4) is 5.75 Å². The summed E-state index contributed by atoms with van der Waals surface area (Å²) in [4.78, 5) is 27.4. The normalized spacial score (nSPS) is 17.7. The van der Waals surface area contributed by atoms with Crippen molar-refractivity contribution >= 4 is 23.4 Å². The van der Waals surface area contributed by atoms with E-state index in [0.29, 0.717) is 23.7 Å². The van der Waals surface area contributed by atoms with E-state index in [1.54, 1.807) is 43.3 Å². The van der Waals surface area contributed by atoms with Gasteiger partial charge in [0.2, 0.25) is 5.91 Å². The average Bonchev–Trinajstić information content (AvgIpc) is 2.94. The standard InChI is InChI=1S/C15H19ClN2O3/c1-17(2)15(20)13-4-3-9-18(13)14(19)10-21-12-7-5-11(16)6-8-12/h5-8,13H,3-4,9-10H2,1-2H3. The minimum atomic E-state index is -0.360. The molecule has 1 fully saturated rings. The molecule has 1 atom stereocenters. The summed E-state index contributed by atoms with van der Waals surface area (Å²) in [6.07, 6.45) is 1.56. The van der Waals surface area contributed by atoms with Gasteiger partial charge in [-0.25, -0.2) is 0 Å². The molecule has 0 aromatic heterocycles. The van der Waals surface area contributed by atoms with Gasteiger partial charge in [0.15, 0.2) is 6.61 Å². The van der Waals surface area contributed by atoms with Gasteiger partial charge in [-0.2, -0.15) is 0 Å². The van der Waals surface area contributed by atoms with E-state index in [9.17, 15) is 9.59 Å². The Morgan fingerprint density at radius 1 is 1.33 bits per heavy atom. The van der Waals surface area contributed by atoms with E-state index in [0.717, 1.165) is 6.42 Å². The van der Waals surface area contributed by atoms with Crippen LogP contribution < -0.4 is 4.74 Å². The molecule has 0 aliphatic carbocycles. The first kappa shape index (κ1) is 15.6. The summed E-state index contributed by atoms with van der Waals surface area (Å²) in [5.74, 6) is 0.387. The number of likely N-dealkylation sites (tertiary alicyclic amines) is 1. The quantitative estimate of drug-likeness (QED) is 0.852. The first-order valence-electron chi connectivity index (χ1n) is 6.88. The lowest BCUT2D eigenvalue weighted by molar-refractivity contribution is -0.143. The Labute approximate surface area is 129 Å². The lowest BCUT2D eigenvalue weighted by Gasteiger charge is -2.26. The van der Waals surface area contributed by atoms with E-state index in [4.69, 9.17) is 16.3 Å². The van der Waals surface area contributed by atoms with E-state index in [1.165, 1.54) is 4.90 Å². The summed E-state index contributed by atoms with van der Waals surface area (Å²) in [6.45, 7) is 0.534. The fourth-order valence-electron chi connectivity index (χ4n) is 2.38. The van der Waals surface area contributed by atoms with Gasteiger partial charge in [0.1, 0.15) is 11.8 Å². The minimum Gasteiger partial charge on any atom is -0.484 e. The summed E-state index contributed by atoms with van der Waals surface area (Å²) in [6, 6.07) is 6.47. The van der Waals surface area contributed by atoms with Gasteiger partial charge in [-0.05, 0) is 37.1 Å². The van der Waals surface area contributed by atoms with Crippen molar-refractivity contribution < 1.29 is 14.3 Å². The highest BCUT2D eigenvalue weighted by molar-refractivity contribution is 6.30. The predicted molar refractivity (Wildman–Crippen MR) is 80.4 cm³/mol. The molecule has 6 heteroatoms. The van der Waals surface area contributed by atoms with Crippen LogP contribution in [0.3, 0.4) is 0 Å². The lowest BCUT2D eigenvalue weighted by Crippen LogP contribution is -2.46. The number of halogens is 1.